The molecule has 0 radical (unpaired) electrons. The molecule has 0 saturated heterocycles. The van der Waals surface area contributed by atoms with Gasteiger partial charge in [-0.3, -0.25) is 4.79 Å². The lowest BCUT2D eigenvalue weighted by molar-refractivity contribution is -0.119. The highest BCUT2D eigenvalue weighted by atomic mass is 32.1. The maximum atomic E-state index is 12.5. The molecule has 0 spiro atoms. The fraction of sp³-hybridized carbons (Fsp3) is 0.381. The Hall–Kier alpha value is -3.27. The number of aryl methyl sites for hydroxylation is 1. The molecule has 31 heavy (non-hydrogen) atoms. The minimum atomic E-state index is -0.696. The topological polar surface area (TPSA) is 112 Å². The average Bonchev–Trinajstić information content (AvgIpc) is 3.25. The molecule has 3 rings (SSSR count). The first kappa shape index (κ1) is 22.4. The van der Waals surface area contributed by atoms with Crippen LogP contribution in [0.4, 0.5) is 5.00 Å². The van der Waals surface area contributed by atoms with Gasteiger partial charge in [-0.05, 0) is 43.2 Å². The molecule has 3 heterocycles. The summed E-state index contributed by atoms with van der Waals surface area (Å²) in [5.41, 5.74) is 2.18. The first-order chi connectivity index (χ1) is 14.8. The molecule has 1 N–H and O–H groups in total. The highest BCUT2D eigenvalue weighted by Crippen LogP contribution is 2.31. The molecule has 0 unspecified atom stereocenters. The summed E-state index contributed by atoms with van der Waals surface area (Å²) >= 11 is 1.24. The van der Waals surface area contributed by atoms with E-state index in [1.54, 1.807) is 32.3 Å². The standard InChI is InChI=1S/C21H24N4O5S/c1-5-29-21(28)17-14(9-12(2)3)11-31-19(17)23-15(26)10-30-20(27)16-13(4)24-25-8-6-7-22-18(16)25/h6-8,11-12H,5,9-10H2,1-4H3,(H,23,26). The minimum absolute atomic E-state index is 0.205. The molecule has 0 fully saturated rings. The SMILES string of the molecule is CCOC(=O)c1c(CC(C)C)csc1NC(=O)COC(=O)c1c(C)nn2cccnc12. The second-order valence-electron chi connectivity index (χ2n) is 7.26. The number of carbonyl (C=O) groups is 3. The Morgan fingerprint density at radius 2 is 1.94 bits per heavy atom. The van der Waals surface area contributed by atoms with Gasteiger partial charge < -0.3 is 14.8 Å². The van der Waals surface area contributed by atoms with E-state index >= 15 is 0 Å². The lowest BCUT2D eigenvalue weighted by Crippen LogP contribution is -2.22. The molecule has 0 saturated carbocycles. The summed E-state index contributed by atoms with van der Waals surface area (Å²) in [6, 6.07) is 1.69. The van der Waals surface area contributed by atoms with E-state index in [0.717, 1.165) is 5.56 Å². The van der Waals surface area contributed by atoms with Gasteiger partial charge in [0, 0.05) is 12.4 Å². The van der Waals surface area contributed by atoms with Crippen LogP contribution in [-0.4, -0.2) is 45.7 Å². The smallest absolute Gasteiger partial charge is 0.344 e. The minimum Gasteiger partial charge on any atom is -0.462 e. The Morgan fingerprint density at radius 3 is 2.65 bits per heavy atom. The number of anilines is 1. The van der Waals surface area contributed by atoms with Crippen LogP contribution in [0.25, 0.3) is 5.65 Å². The molecule has 0 aliphatic heterocycles. The van der Waals surface area contributed by atoms with Crippen LogP contribution in [0.15, 0.2) is 23.8 Å². The predicted octanol–water partition coefficient (Wildman–Crippen LogP) is 3.27. The van der Waals surface area contributed by atoms with Crippen molar-refractivity contribution in [1.82, 2.24) is 14.6 Å². The van der Waals surface area contributed by atoms with E-state index in [0.29, 0.717) is 34.2 Å². The number of thiophene rings is 1. The largest absolute Gasteiger partial charge is 0.462 e. The van der Waals surface area contributed by atoms with Gasteiger partial charge in [0.05, 0.1) is 17.9 Å². The van der Waals surface area contributed by atoms with Gasteiger partial charge >= 0.3 is 11.9 Å². The normalized spacial score (nSPS) is 11.0. The molecule has 0 aliphatic carbocycles. The molecule has 0 atom stereocenters. The summed E-state index contributed by atoms with van der Waals surface area (Å²) in [4.78, 5) is 41.5. The molecule has 9 nitrogen and oxygen atoms in total. The summed E-state index contributed by atoms with van der Waals surface area (Å²) in [6.07, 6.45) is 3.89. The van der Waals surface area contributed by atoms with Crippen molar-refractivity contribution in [2.45, 2.75) is 34.1 Å². The number of hydrogen-bond acceptors (Lipinski definition) is 8. The van der Waals surface area contributed by atoms with Crippen molar-refractivity contribution in [3.63, 3.8) is 0 Å². The third-order valence-corrected chi connectivity index (χ3v) is 5.28. The molecule has 0 aliphatic rings. The zero-order valence-corrected chi connectivity index (χ0v) is 18.6. The van der Waals surface area contributed by atoms with Crippen LogP contribution >= 0.6 is 11.3 Å². The number of ether oxygens (including phenoxy) is 2. The van der Waals surface area contributed by atoms with Crippen molar-refractivity contribution in [3.05, 3.63) is 46.2 Å². The molecule has 164 valence electrons. The summed E-state index contributed by atoms with van der Waals surface area (Å²) in [5.74, 6) is -1.41. The van der Waals surface area contributed by atoms with E-state index in [1.807, 2.05) is 19.2 Å². The Morgan fingerprint density at radius 1 is 1.19 bits per heavy atom. The Labute approximate surface area is 183 Å². The van der Waals surface area contributed by atoms with Crippen LogP contribution in [0.2, 0.25) is 0 Å². The van der Waals surface area contributed by atoms with Gasteiger partial charge in [0.2, 0.25) is 0 Å². The number of carbonyl (C=O) groups excluding carboxylic acids is 3. The number of aromatic nitrogens is 3. The number of nitrogens with zero attached hydrogens (tertiary/aromatic N) is 3. The van der Waals surface area contributed by atoms with Crippen LogP contribution in [-0.2, 0) is 20.7 Å². The predicted molar refractivity (Wildman–Crippen MR) is 115 cm³/mol. The molecular weight excluding hydrogens is 420 g/mol. The first-order valence-electron chi connectivity index (χ1n) is 9.86. The summed E-state index contributed by atoms with van der Waals surface area (Å²) < 4.78 is 11.8. The summed E-state index contributed by atoms with van der Waals surface area (Å²) in [7, 11) is 0. The average molecular weight is 445 g/mol. The Bertz CT molecular complexity index is 1120. The molecule has 3 aromatic rings. The number of rotatable bonds is 8. The van der Waals surface area contributed by atoms with Gasteiger partial charge in [-0.15, -0.1) is 11.3 Å². The van der Waals surface area contributed by atoms with Gasteiger partial charge in [0.25, 0.3) is 5.91 Å². The van der Waals surface area contributed by atoms with Gasteiger partial charge in [0.1, 0.15) is 10.6 Å². The number of amides is 1. The van der Waals surface area contributed by atoms with Gasteiger partial charge in [-0.25, -0.2) is 19.1 Å². The highest BCUT2D eigenvalue weighted by molar-refractivity contribution is 7.15. The van der Waals surface area contributed by atoms with Gasteiger partial charge in [-0.1, -0.05) is 13.8 Å². The van der Waals surface area contributed by atoms with Gasteiger partial charge in [-0.2, -0.15) is 5.10 Å². The second-order valence-corrected chi connectivity index (χ2v) is 8.14. The Kier molecular flexibility index (Phi) is 7.01. The zero-order valence-electron chi connectivity index (χ0n) is 17.8. The van der Waals surface area contributed by atoms with E-state index in [9.17, 15) is 14.4 Å². The number of hydrogen-bond donors (Lipinski definition) is 1. The van der Waals surface area contributed by atoms with Crippen molar-refractivity contribution in [3.8, 4) is 0 Å². The third-order valence-electron chi connectivity index (χ3n) is 4.34. The van der Waals surface area contributed by atoms with Crippen molar-refractivity contribution in [2.75, 3.05) is 18.5 Å². The number of esters is 2. The fourth-order valence-electron chi connectivity index (χ4n) is 3.10. The molecule has 1 amide bonds. The fourth-order valence-corrected chi connectivity index (χ4v) is 4.08. The number of fused-ring (bicyclic) bond motifs is 1. The van der Waals surface area contributed by atoms with Crippen molar-refractivity contribution in [1.29, 1.82) is 0 Å². The van der Waals surface area contributed by atoms with E-state index in [4.69, 9.17) is 9.47 Å². The van der Waals surface area contributed by atoms with Crippen LogP contribution in [0.3, 0.4) is 0 Å². The van der Waals surface area contributed by atoms with E-state index < -0.39 is 24.5 Å². The molecule has 3 aromatic heterocycles. The van der Waals surface area contributed by atoms with Gasteiger partial charge in [0.15, 0.2) is 12.3 Å². The summed E-state index contributed by atoms with van der Waals surface area (Å²) in [6.45, 7) is 7.19. The quantitative estimate of drug-likeness (QED) is 0.531. The molecule has 0 aromatic carbocycles. The lowest BCUT2D eigenvalue weighted by Gasteiger charge is -2.10. The van der Waals surface area contributed by atoms with Crippen LogP contribution in [0.5, 0.6) is 0 Å². The first-order valence-corrected chi connectivity index (χ1v) is 10.7. The molecule has 10 heteroatoms. The Balaban J connectivity index is 1.70. The molecule has 0 bridgehead atoms. The van der Waals surface area contributed by atoms with Crippen molar-refractivity contribution < 1.29 is 23.9 Å². The maximum absolute atomic E-state index is 12.5. The molecular formula is C21H24N4O5S. The van der Waals surface area contributed by atoms with Crippen LogP contribution < -0.4 is 5.32 Å². The van der Waals surface area contributed by atoms with Crippen LogP contribution in [0.1, 0.15) is 52.7 Å². The highest BCUT2D eigenvalue weighted by Gasteiger charge is 2.24. The summed E-state index contributed by atoms with van der Waals surface area (Å²) in [5, 5.41) is 9.08. The maximum Gasteiger partial charge on any atom is 0.344 e. The van der Waals surface area contributed by atoms with E-state index in [1.165, 1.54) is 15.9 Å². The number of nitrogens with one attached hydrogen (secondary N) is 1. The second kappa shape index (κ2) is 9.69. The van der Waals surface area contributed by atoms with E-state index in [2.05, 4.69) is 15.4 Å². The third kappa shape index (κ3) is 5.08. The van der Waals surface area contributed by atoms with Crippen molar-refractivity contribution >= 4 is 39.8 Å². The van der Waals surface area contributed by atoms with Crippen LogP contribution in [0, 0.1) is 12.8 Å². The van der Waals surface area contributed by atoms with E-state index in [-0.39, 0.29) is 12.2 Å². The lowest BCUT2D eigenvalue weighted by atomic mass is 10.0. The van der Waals surface area contributed by atoms with Crippen molar-refractivity contribution in [2.24, 2.45) is 5.92 Å². The monoisotopic (exact) mass is 444 g/mol. The zero-order chi connectivity index (χ0) is 22.5.